The summed E-state index contributed by atoms with van der Waals surface area (Å²) in [5.74, 6) is 1.89. The van der Waals surface area contributed by atoms with Gasteiger partial charge in [-0.2, -0.15) is 0 Å². The summed E-state index contributed by atoms with van der Waals surface area (Å²) in [5.41, 5.74) is 2.59. The largest absolute Gasteiger partial charge is 0.496 e. The fourth-order valence-electron chi connectivity index (χ4n) is 2.85. The summed E-state index contributed by atoms with van der Waals surface area (Å²) >= 11 is 0. The minimum absolute atomic E-state index is 0.127. The molecule has 2 heteroatoms. The van der Waals surface area contributed by atoms with Crippen LogP contribution in [-0.2, 0) is 6.42 Å². The van der Waals surface area contributed by atoms with Gasteiger partial charge in [-0.1, -0.05) is 32.4 Å². The van der Waals surface area contributed by atoms with Crippen LogP contribution >= 0.6 is 0 Å². The molecule has 0 aromatic heterocycles. The van der Waals surface area contributed by atoms with Crippen LogP contribution in [-0.4, -0.2) is 18.3 Å². The molecule has 1 aliphatic rings. The molecule has 0 radical (unpaired) electrons. The molecule has 0 spiro atoms. The van der Waals surface area contributed by atoms with Crippen molar-refractivity contribution < 1.29 is 9.84 Å². The predicted octanol–water partition coefficient (Wildman–Crippen LogP) is 3.52. The maximum Gasteiger partial charge on any atom is 0.122 e. The molecule has 0 bridgehead atoms. The zero-order valence-corrected chi connectivity index (χ0v) is 11.6. The van der Waals surface area contributed by atoms with Crippen LogP contribution in [0.15, 0.2) is 18.2 Å². The molecule has 2 unspecified atom stereocenters. The zero-order valence-electron chi connectivity index (χ0n) is 11.6. The minimum atomic E-state index is -0.127. The molecular weight excluding hydrogens is 224 g/mol. The molecular formula is C16H24O2. The van der Waals surface area contributed by atoms with Gasteiger partial charge in [-0.15, -0.1) is 0 Å². The predicted molar refractivity (Wildman–Crippen MR) is 74.1 cm³/mol. The third-order valence-corrected chi connectivity index (χ3v) is 4.07. The molecule has 0 aliphatic heterocycles. The highest BCUT2D eigenvalue weighted by Gasteiger charge is 2.26. The number of aliphatic hydroxyl groups is 1. The lowest BCUT2D eigenvalue weighted by molar-refractivity contribution is 0.132. The quantitative estimate of drug-likeness (QED) is 0.883. The molecule has 2 nitrogen and oxygen atoms in total. The first-order valence-corrected chi connectivity index (χ1v) is 6.96. The Labute approximate surface area is 110 Å². The van der Waals surface area contributed by atoms with Crippen LogP contribution < -0.4 is 4.74 Å². The van der Waals surface area contributed by atoms with Crippen LogP contribution in [0, 0.1) is 5.92 Å². The Balaban J connectivity index is 2.21. The highest BCUT2D eigenvalue weighted by molar-refractivity contribution is 5.38. The molecule has 2 atom stereocenters. The SMILES string of the molecule is COc1ccc(C(C)C)cc1CC1CCCC1O. The minimum Gasteiger partial charge on any atom is -0.496 e. The van der Waals surface area contributed by atoms with Gasteiger partial charge in [0.15, 0.2) is 0 Å². The summed E-state index contributed by atoms with van der Waals surface area (Å²) in [6.07, 6.45) is 4.05. The van der Waals surface area contributed by atoms with E-state index in [4.69, 9.17) is 4.74 Å². The molecule has 1 fully saturated rings. The van der Waals surface area contributed by atoms with Gasteiger partial charge in [-0.05, 0) is 48.3 Å². The van der Waals surface area contributed by atoms with Crippen LogP contribution in [0.3, 0.4) is 0 Å². The van der Waals surface area contributed by atoms with E-state index in [2.05, 4.69) is 32.0 Å². The topological polar surface area (TPSA) is 29.5 Å². The van der Waals surface area contributed by atoms with Crippen molar-refractivity contribution in [2.24, 2.45) is 5.92 Å². The van der Waals surface area contributed by atoms with E-state index in [1.54, 1.807) is 7.11 Å². The Morgan fingerprint density at radius 2 is 2.11 bits per heavy atom. The Morgan fingerprint density at radius 3 is 2.67 bits per heavy atom. The number of rotatable bonds is 4. The number of benzene rings is 1. The van der Waals surface area contributed by atoms with Crippen molar-refractivity contribution in [1.29, 1.82) is 0 Å². The van der Waals surface area contributed by atoms with Gasteiger partial charge in [0.1, 0.15) is 5.75 Å². The first-order valence-electron chi connectivity index (χ1n) is 6.96. The Hall–Kier alpha value is -1.02. The Kier molecular flexibility index (Phi) is 4.28. The van der Waals surface area contributed by atoms with E-state index in [1.165, 1.54) is 11.1 Å². The molecule has 1 aromatic rings. The maximum atomic E-state index is 9.95. The average molecular weight is 248 g/mol. The van der Waals surface area contributed by atoms with Gasteiger partial charge in [0, 0.05) is 0 Å². The van der Waals surface area contributed by atoms with Crippen molar-refractivity contribution in [3.63, 3.8) is 0 Å². The summed E-state index contributed by atoms with van der Waals surface area (Å²) in [6, 6.07) is 6.44. The molecule has 1 aliphatic carbocycles. The van der Waals surface area contributed by atoms with Gasteiger partial charge in [0.05, 0.1) is 13.2 Å². The number of hydrogen-bond acceptors (Lipinski definition) is 2. The standard InChI is InChI=1S/C16H24O2/c1-11(2)12-7-8-16(18-3)14(9-12)10-13-5-4-6-15(13)17/h7-9,11,13,15,17H,4-6,10H2,1-3H3. The van der Waals surface area contributed by atoms with E-state index in [9.17, 15) is 5.11 Å². The molecule has 100 valence electrons. The van der Waals surface area contributed by atoms with Crippen molar-refractivity contribution >= 4 is 0 Å². The van der Waals surface area contributed by atoms with E-state index in [-0.39, 0.29) is 6.10 Å². The van der Waals surface area contributed by atoms with Gasteiger partial charge >= 0.3 is 0 Å². The van der Waals surface area contributed by atoms with E-state index in [0.717, 1.165) is 31.4 Å². The molecule has 18 heavy (non-hydrogen) atoms. The van der Waals surface area contributed by atoms with Crippen LogP contribution in [0.5, 0.6) is 5.75 Å². The average Bonchev–Trinajstić information content (AvgIpc) is 2.75. The first kappa shape index (κ1) is 13.4. The van der Waals surface area contributed by atoms with Gasteiger partial charge in [0.2, 0.25) is 0 Å². The van der Waals surface area contributed by atoms with E-state index >= 15 is 0 Å². The highest BCUT2D eigenvalue weighted by atomic mass is 16.5. The van der Waals surface area contributed by atoms with Crippen LogP contribution in [0.25, 0.3) is 0 Å². The smallest absolute Gasteiger partial charge is 0.122 e. The first-order chi connectivity index (χ1) is 8.61. The van der Waals surface area contributed by atoms with Crippen molar-refractivity contribution in [2.45, 2.75) is 51.6 Å². The van der Waals surface area contributed by atoms with Crippen molar-refractivity contribution in [3.8, 4) is 5.75 Å². The zero-order chi connectivity index (χ0) is 13.1. The second-order valence-corrected chi connectivity index (χ2v) is 5.69. The van der Waals surface area contributed by atoms with Gasteiger partial charge in [-0.3, -0.25) is 0 Å². The molecule has 1 N–H and O–H groups in total. The lowest BCUT2D eigenvalue weighted by Crippen LogP contribution is -2.16. The number of ether oxygens (including phenoxy) is 1. The molecule has 2 rings (SSSR count). The normalized spacial score (nSPS) is 23.6. The Morgan fingerprint density at radius 1 is 1.33 bits per heavy atom. The second kappa shape index (κ2) is 5.75. The van der Waals surface area contributed by atoms with E-state index in [0.29, 0.717) is 11.8 Å². The van der Waals surface area contributed by atoms with Crippen molar-refractivity contribution in [2.75, 3.05) is 7.11 Å². The van der Waals surface area contributed by atoms with E-state index in [1.807, 2.05) is 0 Å². The van der Waals surface area contributed by atoms with Gasteiger partial charge in [-0.25, -0.2) is 0 Å². The maximum absolute atomic E-state index is 9.95. The van der Waals surface area contributed by atoms with E-state index < -0.39 is 0 Å². The molecule has 0 heterocycles. The lowest BCUT2D eigenvalue weighted by Gasteiger charge is -2.18. The molecule has 0 amide bonds. The fraction of sp³-hybridized carbons (Fsp3) is 0.625. The third-order valence-electron chi connectivity index (χ3n) is 4.07. The third kappa shape index (κ3) is 2.86. The second-order valence-electron chi connectivity index (χ2n) is 5.69. The van der Waals surface area contributed by atoms with Crippen LogP contribution in [0.1, 0.15) is 50.2 Å². The number of hydrogen-bond donors (Lipinski definition) is 1. The summed E-state index contributed by atoms with van der Waals surface area (Å²) in [6.45, 7) is 4.41. The Bertz CT molecular complexity index is 398. The fourth-order valence-corrected chi connectivity index (χ4v) is 2.85. The molecule has 0 saturated heterocycles. The van der Waals surface area contributed by atoms with Gasteiger partial charge in [0.25, 0.3) is 0 Å². The van der Waals surface area contributed by atoms with Gasteiger partial charge < -0.3 is 9.84 Å². The summed E-state index contributed by atoms with van der Waals surface area (Å²) < 4.78 is 5.44. The van der Waals surface area contributed by atoms with Crippen molar-refractivity contribution in [3.05, 3.63) is 29.3 Å². The number of methoxy groups -OCH3 is 1. The number of aliphatic hydroxyl groups excluding tert-OH is 1. The monoisotopic (exact) mass is 248 g/mol. The van der Waals surface area contributed by atoms with Crippen LogP contribution in [0.4, 0.5) is 0 Å². The summed E-state index contributed by atoms with van der Waals surface area (Å²) in [4.78, 5) is 0. The lowest BCUT2D eigenvalue weighted by atomic mass is 9.92. The highest BCUT2D eigenvalue weighted by Crippen LogP contribution is 2.33. The summed E-state index contributed by atoms with van der Waals surface area (Å²) in [5, 5.41) is 9.95. The molecule has 1 aromatic carbocycles. The molecule has 1 saturated carbocycles. The van der Waals surface area contributed by atoms with Crippen LogP contribution in [0.2, 0.25) is 0 Å². The summed E-state index contributed by atoms with van der Waals surface area (Å²) in [7, 11) is 1.72. The van der Waals surface area contributed by atoms with Crippen molar-refractivity contribution in [1.82, 2.24) is 0 Å².